The summed E-state index contributed by atoms with van der Waals surface area (Å²) in [5, 5.41) is 0.805. The molecular formula is C26H20ClNO5. The minimum Gasteiger partial charge on any atom is -0.490 e. The fourth-order valence-corrected chi connectivity index (χ4v) is 4.29. The summed E-state index contributed by atoms with van der Waals surface area (Å²) in [5.74, 6) is 0.930. The molecular weight excluding hydrogens is 442 g/mol. The van der Waals surface area contributed by atoms with Crippen LogP contribution in [0.2, 0.25) is 5.02 Å². The first-order valence-electron chi connectivity index (χ1n) is 10.4. The molecule has 0 fully saturated rings. The number of carbonyl (C=O) groups is 1. The Bertz CT molecular complexity index is 1420. The monoisotopic (exact) mass is 461 g/mol. The van der Waals surface area contributed by atoms with Crippen molar-refractivity contribution in [2.24, 2.45) is 0 Å². The maximum absolute atomic E-state index is 13.6. The van der Waals surface area contributed by atoms with Crippen molar-refractivity contribution in [3.8, 4) is 5.75 Å². The van der Waals surface area contributed by atoms with E-state index >= 15 is 0 Å². The molecule has 1 atom stereocenters. The molecule has 0 radical (unpaired) electrons. The average Bonchev–Trinajstić information content (AvgIpc) is 3.42. The smallest absolute Gasteiger partial charge is 0.291 e. The quantitative estimate of drug-likeness (QED) is 0.346. The number of amides is 1. The van der Waals surface area contributed by atoms with Crippen LogP contribution >= 0.6 is 11.6 Å². The van der Waals surface area contributed by atoms with Gasteiger partial charge < -0.3 is 18.5 Å². The van der Waals surface area contributed by atoms with E-state index in [1.165, 1.54) is 0 Å². The van der Waals surface area contributed by atoms with Gasteiger partial charge >= 0.3 is 0 Å². The second kappa shape index (κ2) is 8.30. The molecule has 166 valence electrons. The Hall–Kier alpha value is -3.77. The normalized spacial score (nSPS) is 15.2. The van der Waals surface area contributed by atoms with Crippen LogP contribution in [0, 0.1) is 6.92 Å². The third-order valence-corrected chi connectivity index (χ3v) is 6.12. The van der Waals surface area contributed by atoms with E-state index in [1.807, 2.05) is 19.1 Å². The van der Waals surface area contributed by atoms with Gasteiger partial charge in [0.25, 0.3) is 5.91 Å². The van der Waals surface area contributed by atoms with Crippen LogP contribution in [0.15, 0.2) is 81.1 Å². The number of nitrogens with zero attached hydrogens (tertiary/aromatic N) is 1. The van der Waals surface area contributed by atoms with Gasteiger partial charge in [0.05, 0.1) is 29.8 Å². The molecule has 0 aliphatic carbocycles. The van der Waals surface area contributed by atoms with Crippen LogP contribution in [-0.2, 0) is 6.54 Å². The van der Waals surface area contributed by atoms with Crippen LogP contribution in [-0.4, -0.2) is 17.4 Å². The zero-order valence-corrected chi connectivity index (χ0v) is 18.6. The number of fused-ring (bicyclic) bond motifs is 2. The van der Waals surface area contributed by atoms with E-state index in [2.05, 4.69) is 6.58 Å². The largest absolute Gasteiger partial charge is 0.490 e. The van der Waals surface area contributed by atoms with Gasteiger partial charge in [-0.1, -0.05) is 36.4 Å². The zero-order valence-electron chi connectivity index (χ0n) is 17.8. The molecule has 1 unspecified atom stereocenters. The third-order valence-electron chi connectivity index (χ3n) is 5.72. The van der Waals surface area contributed by atoms with Crippen LogP contribution in [0.1, 0.15) is 39.0 Å². The summed E-state index contributed by atoms with van der Waals surface area (Å²) in [6, 6.07) is 13.5. The SMILES string of the molecule is C=CCOc1ccc(C2c3c(oc4cc(C)c(Cl)cc4c3=O)C(=O)N2Cc2ccco2)cc1. The number of carbonyl (C=O) groups excluding carboxylic acids is 1. The predicted molar refractivity (Wildman–Crippen MR) is 125 cm³/mol. The number of benzene rings is 2. The van der Waals surface area contributed by atoms with Crippen molar-refractivity contribution < 1.29 is 18.4 Å². The lowest BCUT2D eigenvalue weighted by molar-refractivity contribution is 0.0701. The van der Waals surface area contributed by atoms with E-state index in [1.54, 1.807) is 53.6 Å². The number of ether oxygens (including phenoxy) is 1. The van der Waals surface area contributed by atoms with Gasteiger partial charge in [-0.15, -0.1) is 0 Å². The van der Waals surface area contributed by atoms with E-state index in [-0.39, 0.29) is 23.6 Å². The lowest BCUT2D eigenvalue weighted by Crippen LogP contribution is -2.29. The van der Waals surface area contributed by atoms with Crippen molar-refractivity contribution in [3.63, 3.8) is 0 Å². The molecule has 0 bridgehead atoms. The summed E-state index contributed by atoms with van der Waals surface area (Å²) in [6.07, 6.45) is 3.21. The molecule has 6 nitrogen and oxygen atoms in total. The molecule has 0 saturated carbocycles. The Morgan fingerprint density at radius 1 is 1.18 bits per heavy atom. The van der Waals surface area contributed by atoms with Gasteiger partial charge in [-0.2, -0.15) is 0 Å². The van der Waals surface area contributed by atoms with Gasteiger partial charge in [0.1, 0.15) is 23.7 Å². The highest BCUT2D eigenvalue weighted by atomic mass is 35.5. The Kier molecular flexibility index (Phi) is 5.30. The highest BCUT2D eigenvalue weighted by molar-refractivity contribution is 6.32. The molecule has 5 rings (SSSR count). The van der Waals surface area contributed by atoms with E-state index in [0.717, 1.165) is 11.1 Å². The van der Waals surface area contributed by atoms with E-state index < -0.39 is 6.04 Å². The second-order valence-corrected chi connectivity index (χ2v) is 8.26. The molecule has 1 aliphatic heterocycles. The Morgan fingerprint density at radius 3 is 2.67 bits per heavy atom. The van der Waals surface area contributed by atoms with Crippen molar-refractivity contribution in [2.45, 2.75) is 19.5 Å². The minimum absolute atomic E-state index is 0.0396. The molecule has 2 aromatic heterocycles. The lowest BCUT2D eigenvalue weighted by Gasteiger charge is -2.24. The summed E-state index contributed by atoms with van der Waals surface area (Å²) in [6.45, 7) is 6.03. The maximum atomic E-state index is 13.6. The fraction of sp³-hybridized carbons (Fsp3) is 0.154. The molecule has 0 spiro atoms. The third kappa shape index (κ3) is 3.62. The van der Waals surface area contributed by atoms with E-state index in [0.29, 0.717) is 39.7 Å². The first kappa shape index (κ1) is 21.1. The molecule has 1 aliphatic rings. The Balaban J connectivity index is 1.68. The molecule has 7 heteroatoms. The van der Waals surface area contributed by atoms with Gasteiger partial charge in [0.15, 0.2) is 5.43 Å². The number of rotatable bonds is 6. The maximum Gasteiger partial charge on any atom is 0.291 e. The van der Waals surface area contributed by atoms with Gasteiger partial charge in [-0.25, -0.2) is 0 Å². The molecule has 3 heterocycles. The van der Waals surface area contributed by atoms with Gasteiger partial charge in [-0.05, 0) is 54.4 Å². The lowest BCUT2D eigenvalue weighted by atomic mass is 9.98. The van der Waals surface area contributed by atoms with Crippen LogP contribution in [0.3, 0.4) is 0 Å². The zero-order chi connectivity index (χ0) is 23.1. The number of halogens is 1. The van der Waals surface area contributed by atoms with Gasteiger partial charge in [0, 0.05) is 5.02 Å². The topological polar surface area (TPSA) is 72.9 Å². The average molecular weight is 462 g/mol. The first-order valence-corrected chi connectivity index (χ1v) is 10.8. The summed E-state index contributed by atoms with van der Waals surface area (Å²) in [4.78, 5) is 28.6. The Morgan fingerprint density at radius 2 is 1.97 bits per heavy atom. The molecule has 1 amide bonds. The standard InChI is InChI=1S/C26H20ClNO5/c1-3-10-31-17-8-6-16(7-9-17)23-22-24(29)19-13-20(27)15(2)12-21(19)33-25(22)26(30)28(23)14-18-5-4-11-32-18/h3-9,11-13,23H,1,10,14H2,2H3. The van der Waals surface area contributed by atoms with Crippen molar-refractivity contribution in [1.82, 2.24) is 4.90 Å². The van der Waals surface area contributed by atoms with Crippen LogP contribution < -0.4 is 10.2 Å². The summed E-state index contributed by atoms with van der Waals surface area (Å²) >= 11 is 6.28. The van der Waals surface area contributed by atoms with Crippen LogP contribution in [0.5, 0.6) is 5.75 Å². The minimum atomic E-state index is -0.646. The van der Waals surface area contributed by atoms with Crippen molar-refractivity contribution >= 4 is 28.5 Å². The van der Waals surface area contributed by atoms with Crippen molar-refractivity contribution in [2.75, 3.05) is 6.61 Å². The molecule has 0 N–H and O–H groups in total. The van der Waals surface area contributed by atoms with Crippen molar-refractivity contribution in [1.29, 1.82) is 0 Å². The number of furan rings is 1. The summed E-state index contributed by atoms with van der Waals surface area (Å²) in [7, 11) is 0. The second-order valence-electron chi connectivity index (χ2n) is 7.86. The van der Waals surface area contributed by atoms with Crippen LogP contribution in [0.4, 0.5) is 0 Å². The Labute approximate surface area is 194 Å². The summed E-state index contributed by atoms with van der Waals surface area (Å²) in [5.41, 5.74) is 1.86. The molecule has 4 aromatic rings. The first-order chi connectivity index (χ1) is 16.0. The fourth-order valence-electron chi connectivity index (χ4n) is 4.12. The molecule has 33 heavy (non-hydrogen) atoms. The van der Waals surface area contributed by atoms with Crippen molar-refractivity contribution in [3.05, 3.63) is 111 Å². The van der Waals surface area contributed by atoms with Gasteiger partial charge in [-0.3, -0.25) is 9.59 Å². The number of hydrogen-bond donors (Lipinski definition) is 0. The van der Waals surface area contributed by atoms with Gasteiger partial charge in [0.2, 0.25) is 5.76 Å². The predicted octanol–water partition coefficient (Wildman–Crippen LogP) is 5.66. The summed E-state index contributed by atoms with van der Waals surface area (Å²) < 4.78 is 17.0. The highest BCUT2D eigenvalue weighted by Crippen LogP contribution is 2.40. The number of aryl methyl sites for hydroxylation is 1. The van der Waals surface area contributed by atoms with Crippen LogP contribution in [0.25, 0.3) is 11.0 Å². The molecule has 2 aromatic carbocycles. The highest BCUT2D eigenvalue weighted by Gasteiger charge is 2.43. The van der Waals surface area contributed by atoms with E-state index in [4.69, 9.17) is 25.2 Å². The number of hydrogen-bond acceptors (Lipinski definition) is 5. The molecule has 0 saturated heterocycles. The van der Waals surface area contributed by atoms with E-state index in [9.17, 15) is 9.59 Å².